The molecule has 0 spiro atoms. The van der Waals surface area contributed by atoms with E-state index in [4.69, 9.17) is 9.47 Å². The Morgan fingerprint density at radius 1 is 1.23 bits per heavy atom. The van der Waals surface area contributed by atoms with E-state index >= 15 is 0 Å². The molecule has 1 aliphatic heterocycles. The predicted molar refractivity (Wildman–Crippen MR) is 97.2 cm³/mol. The molecule has 1 saturated heterocycles. The molecule has 1 aliphatic rings. The molecule has 138 valence electrons. The second kappa shape index (κ2) is 8.19. The van der Waals surface area contributed by atoms with Crippen LogP contribution in [-0.4, -0.2) is 33.2 Å². The van der Waals surface area contributed by atoms with Crippen molar-refractivity contribution in [1.29, 1.82) is 0 Å². The van der Waals surface area contributed by atoms with Crippen molar-refractivity contribution in [3.8, 4) is 11.5 Å². The standard InChI is InChI=1S/C20H23FN2O3/c1-25-14-9-10-19(26-2)15(12-14)18-8-5-11-23(18)13-20(24)22-17-7-4-3-6-16(17)21/h3-4,6-7,9-10,12,18H,5,8,11,13H2,1-2H3,(H,22,24)/p+1/t18-/m0/s1. The van der Waals surface area contributed by atoms with Gasteiger partial charge in [0.2, 0.25) is 0 Å². The van der Waals surface area contributed by atoms with E-state index in [0.29, 0.717) is 0 Å². The quantitative estimate of drug-likeness (QED) is 0.831. The van der Waals surface area contributed by atoms with E-state index in [-0.39, 0.29) is 24.2 Å². The molecule has 2 N–H and O–H groups in total. The average Bonchev–Trinajstić information content (AvgIpc) is 3.10. The van der Waals surface area contributed by atoms with Gasteiger partial charge in [0.1, 0.15) is 23.4 Å². The van der Waals surface area contributed by atoms with Crippen molar-refractivity contribution in [2.75, 3.05) is 32.6 Å². The van der Waals surface area contributed by atoms with Crippen molar-refractivity contribution >= 4 is 11.6 Å². The second-order valence-electron chi connectivity index (χ2n) is 6.42. The first kappa shape index (κ1) is 18.2. The maximum Gasteiger partial charge on any atom is 0.279 e. The molecule has 5 nitrogen and oxygen atoms in total. The summed E-state index contributed by atoms with van der Waals surface area (Å²) in [4.78, 5) is 13.6. The van der Waals surface area contributed by atoms with Gasteiger partial charge in [0.05, 0.1) is 32.0 Å². The first-order valence-electron chi connectivity index (χ1n) is 8.73. The Balaban J connectivity index is 1.74. The number of amides is 1. The molecular weight excluding hydrogens is 335 g/mol. The summed E-state index contributed by atoms with van der Waals surface area (Å²) in [6.45, 7) is 1.16. The van der Waals surface area contributed by atoms with Crippen LogP contribution in [0, 0.1) is 5.82 Å². The van der Waals surface area contributed by atoms with Gasteiger partial charge in [0.15, 0.2) is 6.54 Å². The van der Waals surface area contributed by atoms with Crippen LogP contribution < -0.4 is 19.7 Å². The number of hydrogen-bond acceptors (Lipinski definition) is 3. The number of nitrogens with one attached hydrogen (secondary N) is 2. The van der Waals surface area contributed by atoms with Crippen molar-refractivity contribution in [2.24, 2.45) is 0 Å². The van der Waals surface area contributed by atoms with Gasteiger partial charge in [-0.15, -0.1) is 0 Å². The molecule has 2 atom stereocenters. The van der Waals surface area contributed by atoms with E-state index in [1.807, 2.05) is 18.2 Å². The molecule has 3 rings (SSSR count). The highest BCUT2D eigenvalue weighted by atomic mass is 19.1. The SMILES string of the molecule is COc1ccc(OC)c([C@@H]2CCC[NH+]2CC(=O)Nc2ccccc2F)c1. The Morgan fingerprint density at radius 2 is 2.04 bits per heavy atom. The lowest BCUT2D eigenvalue weighted by Gasteiger charge is -2.23. The molecule has 1 unspecified atom stereocenters. The zero-order chi connectivity index (χ0) is 18.5. The number of rotatable bonds is 6. The fourth-order valence-corrected chi connectivity index (χ4v) is 3.57. The van der Waals surface area contributed by atoms with Crippen LogP contribution in [0.2, 0.25) is 0 Å². The van der Waals surface area contributed by atoms with Crippen LogP contribution in [0.5, 0.6) is 11.5 Å². The van der Waals surface area contributed by atoms with Crippen LogP contribution >= 0.6 is 0 Å². The van der Waals surface area contributed by atoms with Crippen LogP contribution in [0.15, 0.2) is 42.5 Å². The molecule has 2 aromatic rings. The summed E-state index contributed by atoms with van der Waals surface area (Å²) in [5, 5.41) is 2.67. The van der Waals surface area contributed by atoms with Crippen molar-refractivity contribution in [1.82, 2.24) is 0 Å². The molecule has 6 heteroatoms. The summed E-state index contributed by atoms with van der Waals surface area (Å²) in [5.41, 5.74) is 1.25. The van der Waals surface area contributed by atoms with Gasteiger partial charge in [0.25, 0.3) is 5.91 Å². The van der Waals surface area contributed by atoms with Crippen molar-refractivity contribution in [2.45, 2.75) is 18.9 Å². The van der Waals surface area contributed by atoms with Gasteiger partial charge < -0.3 is 19.7 Å². The maximum atomic E-state index is 13.7. The predicted octanol–water partition coefficient (Wildman–Crippen LogP) is 2.20. The molecule has 0 saturated carbocycles. The third-order valence-electron chi connectivity index (χ3n) is 4.83. The molecule has 1 heterocycles. The number of anilines is 1. The summed E-state index contributed by atoms with van der Waals surface area (Å²) in [7, 11) is 3.28. The number of quaternary nitrogens is 1. The van der Waals surface area contributed by atoms with E-state index in [1.165, 1.54) is 6.07 Å². The largest absolute Gasteiger partial charge is 0.497 e. The van der Waals surface area contributed by atoms with E-state index in [0.717, 1.165) is 41.3 Å². The Labute approximate surface area is 152 Å². The number of benzene rings is 2. The molecular formula is C20H24FN2O3+. The van der Waals surface area contributed by atoms with Gasteiger partial charge in [-0.3, -0.25) is 4.79 Å². The third-order valence-corrected chi connectivity index (χ3v) is 4.83. The van der Waals surface area contributed by atoms with E-state index < -0.39 is 5.82 Å². The highest BCUT2D eigenvalue weighted by Gasteiger charge is 2.34. The maximum absolute atomic E-state index is 13.7. The lowest BCUT2D eigenvalue weighted by atomic mass is 10.0. The Bertz CT molecular complexity index is 781. The number of carbonyl (C=O) groups excluding carboxylic acids is 1. The molecule has 1 fully saturated rings. The molecule has 0 bridgehead atoms. The fourth-order valence-electron chi connectivity index (χ4n) is 3.57. The molecule has 2 aromatic carbocycles. The Morgan fingerprint density at radius 3 is 2.77 bits per heavy atom. The monoisotopic (exact) mass is 359 g/mol. The van der Waals surface area contributed by atoms with Gasteiger partial charge in [-0.05, 0) is 30.3 Å². The van der Waals surface area contributed by atoms with Crippen molar-refractivity contribution in [3.63, 3.8) is 0 Å². The summed E-state index contributed by atoms with van der Waals surface area (Å²) in [6.07, 6.45) is 1.99. The van der Waals surface area contributed by atoms with Gasteiger partial charge in [-0.1, -0.05) is 12.1 Å². The second-order valence-corrected chi connectivity index (χ2v) is 6.42. The van der Waals surface area contributed by atoms with E-state index in [9.17, 15) is 9.18 Å². The van der Waals surface area contributed by atoms with E-state index in [2.05, 4.69) is 5.32 Å². The normalized spacial score (nSPS) is 19.2. The lowest BCUT2D eigenvalue weighted by molar-refractivity contribution is -0.910. The molecule has 0 aliphatic carbocycles. The number of ether oxygens (including phenoxy) is 2. The van der Waals surface area contributed by atoms with Gasteiger partial charge >= 0.3 is 0 Å². The van der Waals surface area contributed by atoms with E-state index in [1.54, 1.807) is 32.4 Å². The summed E-state index contributed by atoms with van der Waals surface area (Å²) in [5.74, 6) is 0.940. The number of methoxy groups -OCH3 is 2. The van der Waals surface area contributed by atoms with Crippen molar-refractivity contribution < 1.29 is 23.6 Å². The molecule has 0 radical (unpaired) electrons. The smallest absolute Gasteiger partial charge is 0.279 e. The highest BCUT2D eigenvalue weighted by Crippen LogP contribution is 2.31. The number of likely N-dealkylation sites (tertiary alicyclic amines) is 1. The zero-order valence-electron chi connectivity index (χ0n) is 15.0. The van der Waals surface area contributed by atoms with Gasteiger partial charge in [-0.2, -0.15) is 0 Å². The first-order valence-corrected chi connectivity index (χ1v) is 8.73. The number of para-hydroxylation sites is 1. The zero-order valence-corrected chi connectivity index (χ0v) is 15.0. The van der Waals surface area contributed by atoms with Crippen LogP contribution in [0.3, 0.4) is 0 Å². The minimum Gasteiger partial charge on any atom is -0.497 e. The number of carbonyl (C=O) groups is 1. The molecule has 26 heavy (non-hydrogen) atoms. The minimum atomic E-state index is -0.428. The Hall–Kier alpha value is -2.60. The molecule has 1 amide bonds. The summed E-state index contributed by atoms with van der Waals surface area (Å²) >= 11 is 0. The number of hydrogen-bond donors (Lipinski definition) is 2. The first-order chi connectivity index (χ1) is 12.6. The third kappa shape index (κ3) is 3.96. The van der Waals surface area contributed by atoms with Crippen molar-refractivity contribution in [3.05, 3.63) is 53.8 Å². The van der Waals surface area contributed by atoms with Gasteiger partial charge in [0, 0.05) is 12.8 Å². The fraction of sp³-hybridized carbons (Fsp3) is 0.350. The van der Waals surface area contributed by atoms with Crippen LogP contribution in [0.25, 0.3) is 0 Å². The highest BCUT2D eigenvalue weighted by molar-refractivity contribution is 5.91. The van der Waals surface area contributed by atoms with Gasteiger partial charge in [-0.25, -0.2) is 4.39 Å². The van der Waals surface area contributed by atoms with Crippen LogP contribution in [-0.2, 0) is 4.79 Å². The minimum absolute atomic E-state index is 0.145. The number of halogens is 1. The van der Waals surface area contributed by atoms with Crippen LogP contribution in [0.4, 0.5) is 10.1 Å². The lowest BCUT2D eigenvalue weighted by Crippen LogP contribution is -3.11. The Kier molecular flexibility index (Phi) is 5.73. The average molecular weight is 359 g/mol. The van der Waals surface area contributed by atoms with Crippen LogP contribution in [0.1, 0.15) is 24.4 Å². The summed E-state index contributed by atoms with van der Waals surface area (Å²) in [6, 6.07) is 12.1. The summed E-state index contributed by atoms with van der Waals surface area (Å²) < 4.78 is 24.6. The topological polar surface area (TPSA) is 52.0 Å². The molecule has 0 aromatic heterocycles.